The van der Waals surface area contributed by atoms with E-state index in [1.165, 1.54) is 31.4 Å². The minimum Gasteiger partial charge on any atom is -0.496 e. The molecular formula is C25H21N3O7S. The Hall–Kier alpha value is -4.38. The lowest BCUT2D eigenvalue weighted by Gasteiger charge is -2.13. The maximum Gasteiger partial charge on any atom is 0.294 e. The highest BCUT2D eigenvalue weighted by molar-refractivity contribution is 8.18. The first-order valence-electron chi connectivity index (χ1n) is 10.7. The molecule has 36 heavy (non-hydrogen) atoms. The zero-order chi connectivity index (χ0) is 26.0. The van der Waals surface area contributed by atoms with E-state index >= 15 is 0 Å². The van der Waals surface area contributed by atoms with Gasteiger partial charge in [-0.15, -0.1) is 0 Å². The van der Waals surface area contributed by atoms with E-state index in [9.17, 15) is 24.5 Å². The fourth-order valence-corrected chi connectivity index (χ4v) is 4.32. The van der Waals surface area contributed by atoms with Crippen molar-refractivity contribution in [1.82, 2.24) is 4.90 Å². The van der Waals surface area contributed by atoms with Crippen LogP contribution in [0.2, 0.25) is 0 Å². The van der Waals surface area contributed by atoms with Gasteiger partial charge in [-0.3, -0.25) is 29.4 Å². The summed E-state index contributed by atoms with van der Waals surface area (Å²) in [6.45, 7) is 3.46. The van der Waals surface area contributed by atoms with E-state index in [4.69, 9.17) is 9.15 Å². The highest BCUT2D eigenvalue weighted by Gasteiger charge is 2.36. The molecule has 0 aliphatic carbocycles. The van der Waals surface area contributed by atoms with Crippen LogP contribution in [0.5, 0.6) is 5.75 Å². The number of hydrogen-bond donors (Lipinski definition) is 1. The number of rotatable bonds is 7. The van der Waals surface area contributed by atoms with E-state index in [0.717, 1.165) is 16.0 Å². The average Bonchev–Trinajstić information content (AvgIpc) is 3.41. The number of amides is 3. The molecule has 184 valence electrons. The van der Waals surface area contributed by atoms with Crippen LogP contribution in [-0.2, 0) is 9.59 Å². The van der Waals surface area contributed by atoms with Gasteiger partial charge in [0.15, 0.2) is 0 Å². The standard InChI is InChI=1S/C25H21N3O7S/c1-14-4-5-16(10-15(14)2)26-23(29)13-27-24(30)22(36-25(27)31)12-18-7-9-20(35-18)19-8-6-17(28(32)33)11-21(19)34-3/h4-12H,13H2,1-3H3,(H,26,29)/b22-12+. The quantitative estimate of drug-likeness (QED) is 0.264. The van der Waals surface area contributed by atoms with Crippen molar-refractivity contribution in [3.8, 4) is 17.1 Å². The number of anilines is 1. The van der Waals surface area contributed by atoms with Gasteiger partial charge in [-0.1, -0.05) is 6.07 Å². The van der Waals surface area contributed by atoms with Crippen LogP contribution in [0, 0.1) is 24.0 Å². The number of aryl methyl sites for hydroxylation is 2. The van der Waals surface area contributed by atoms with E-state index < -0.39 is 28.5 Å². The van der Waals surface area contributed by atoms with E-state index in [1.807, 2.05) is 26.0 Å². The fourth-order valence-electron chi connectivity index (χ4n) is 3.50. The molecule has 1 N–H and O–H groups in total. The molecule has 11 heteroatoms. The summed E-state index contributed by atoms with van der Waals surface area (Å²) in [5, 5.41) is 13.1. The Morgan fingerprint density at radius 2 is 1.92 bits per heavy atom. The molecule has 1 aliphatic rings. The molecule has 0 atom stereocenters. The Morgan fingerprint density at radius 3 is 2.61 bits per heavy atom. The van der Waals surface area contributed by atoms with Crippen molar-refractivity contribution in [2.24, 2.45) is 0 Å². The van der Waals surface area contributed by atoms with Gasteiger partial charge in [0, 0.05) is 17.8 Å². The first-order chi connectivity index (χ1) is 17.2. The van der Waals surface area contributed by atoms with Crippen LogP contribution < -0.4 is 10.1 Å². The van der Waals surface area contributed by atoms with E-state index in [0.29, 0.717) is 28.8 Å². The number of nitro groups is 1. The number of methoxy groups -OCH3 is 1. The number of nitrogens with one attached hydrogen (secondary N) is 1. The lowest BCUT2D eigenvalue weighted by Crippen LogP contribution is -2.36. The second kappa shape index (κ2) is 10.1. The average molecular weight is 508 g/mol. The smallest absolute Gasteiger partial charge is 0.294 e. The molecule has 0 unspecified atom stereocenters. The molecule has 0 radical (unpaired) electrons. The number of hydrogen-bond acceptors (Lipinski definition) is 8. The van der Waals surface area contributed by atoms with Crippen LogP contribution in [0.15, 0.2) is 57.9 Å². The van der Waals surface area contributed by atoms with Gasteiger partial charge in [0.05, 0.1) is 28.6 Å². The molecule has 1 saturated heterocycles. The molecule has 1 fully saturated rings. The number of carbonyl (C=O) groups excluding carboxylic acids is 3. The molecule has 0 bridgehead atoms. The summed E-state index contributed by atoms with van der Waals surface area (Å²) in [6, 6.07) is 12.8. The zero-order valence-electron chi connectivity index (χ0n) is 19.6. The van der Waals surface area contributed by atoms with Crippen molar-refractivity contribution >= 4 is 46.3 Å². The number of carbonyl (C=O) groups is 3. The number of ether oxygens (including phenoxy) is 1. The summed E-state index contributed by atoms with van der Waals surface area (Å²) < 4.78 is 11.0. The van der Waals surface area contributed by atoms with Crippen LogP contribution in [0.1, 0.15) is 16.9 Å². The number of furan rings is 1. The second-order valence-corrected chi connectivity index (χ2v) is 8.95. The summed E-state index contributed by atoms with van der Waals surface area (Å²) in [5.74, 6) is -0.200. The Labute approximate surface area is 210 Å². The highest BCUT2D eigenvalue weighted by atomic mass is 32.2. The topological polar surface area (TPSA) is 132 Å². The lowest BCUT2D eigenvalue weighted by molar-refractivity contribution is -0.384. The van der Waals surface area contributed by atoms with Crippen molar-refractivity contribution in [3.63, 3.8) is 0 Å². The predicted octanol–water partition coefficient (Wildman–Crippen LogP) is 5.16. The number of benzene rings is 2. The van der Waals surface area contributed by atoms with Gasteiger partial charge in [0.25, 0.3) is 16.8 Å². The fraction of sp³-hybridized carbons (Fsp3) is 0.160. The Bertz CT molecular complexity index is 1430. The molecular weight excluding hydrogens is 486 g/mol. The highest BCUT2D eigenvalue weighted by Crippen LogP contribution is 2.36. The summed E-state index contributed by atoms with van der Waals surface area (Å²) in [6.07, 6.45) is 1.41. The Kier molecular flexibility index (Phi) is 6.93. The van der Waals surface area contributed by atoms with E-state index in [-0.39, 0.29) is 22.1 Å². The molecule has 1 aliphatic heterocycles. The minimum absolute atomic E-state index is 0.107. The van der Waals surface area contributed by atoms with Gasteiger partial charge in [-0.2, -0.15) is 0 Å². The van der Waals surface area contributed by atoms with Gasteiger partial charge >= 0.3 is 0 Å². The monoisotopic (exact) mass is 507 g/mol. The van der Waals surface area contributed by atoms with Gasteiger partial charge in [-0.05, 0) is 67.1 Å². The normalized spacial score (nSPS) is 14.4. The van der Waals surface area contributed by atoms with Crippen molar-refractivity contribution in [2.75, 3.05) is 19.0 Å². The number of nitro benzene ring substituents is 1. The van der Waals surface area contributed by atoms with Gasteiger partial charge < -0.3 is 14.5 Å². The zero-order valence-corrected chi connectivity index (χ0v) is 20.4. The largest absolute Gasteiger partial charge is 0.496 e. The first-order valence-corrected chi connectivity index (χ1v) is 11.5. The van der Waals surface area contributed by atoms with Crippen LogP contribution in [0.25, 0.3) is 17.4 Å². The molecule has 2 heterocycles. The van der Waals surface area contributed by atoms with Crippen LogP contribution in [-0.4, -0.2) is 40.5 Å². The summed E-state index contributed by atoms with van der Waals surface area (Å²) >= 11 is 0.706. The molecule has 2 aromatic carbocycles. The van der Waals surface area contributed by atoms with E-state index in [2.05, 4.69) is 5.32 Å². The van der Waals surface area contributed by atoms with Crippen molar-refractivity contribution in [1.29, 1.82) is 0 Å². The third kappa shape index (κ3) is 5.15. The van der Waals surface area contributed by atoms with Crippen LogP contribution in [0.3, 0.4) is 0 Å². The third-order valence-corrected chi connectivity index (χ3v) is 6.43. The van der Waals surface area contributed by atoms with Crippen molar-refractivity contribution < 1.29 is 28.5 Å². The van der Waals surface area contributed by atoms with Gasteiger partial charge in [0.1, 0.15) is 23.8 Å². The van der Waals surface area contributed by atoms with E-state index in [1.54, 1.807) is 18.2 Å². The minimum atomic E-state index is -0.605. The second-order valence-electron chi connectivity index (χ2n) is 7.96. The number of nitrogens with zero attached hydrogens (tertiary/aromatic N) is 2. The van der Waals surface area contributed by atoms with Crippen LogP contribution >= 0.6 is 11.8 Å². The van der Waals surface area contributed by atoms with Crippen molar-refractivity contribution in [2.45, 2.75) is 13.8 Å². The maximum absolute atomic E-state index is 12.8. The molecule has 3 aromatic rings. The molecule has 10 nitrogen and oxygen atoms in total. The summed E-state index contributed by atoms with van der Waals surface area (Å²) in [7, 11) is 1.39. The Morgan fingerprint density at radius 1 is 1.14 bits per heavy atom. The lowest BCUT2D eigenvalue weighted by atomic mass is 10.1. The molecule has 1 aromatic heterocycles. The number of non-ortho nitro benzene ring substituents is 1. The molecule has 0 saturated carbocycles. The predicted molar refractivity (Wildman–Crippen MR) is 135 cm³/mol. The SMILES string of the molecule is COc1cc([N+](=O)[O-])ccc1-c1ccc(/C=C2/SC(=O)N(CC(=O)Nc3ccc(C)c(C)c3)C2=O)o1. The van der Waals surface area contributed by atoms with Gasteiger partial charge in [-0.25, -0.2) is 0 Å². The molecule has 0 spiro atoms. The first kappa shape index (κ1) is 24.7. The summed E-state index contributed by atoms with van der Waals surface area (Å²) in [5.41, 5.74) is 3.02. The van der Waals surface area contributed by atoms with Crippen molar-refractivity contribution in [3.05, 3.63) is 80.4 Å². The third-order valence-electron chi connectivity index (χ3n) is 5.53. The maximum atomic E-state index is 12.8. The molecule has 4 rings (SSSR count). The molecule has 3 amide bonds. The number of imide groups is 1. The number of thioether (sulfide) groups is 1. The Balaban J connectivity index is 1.48. The van der Waals surface area contributed by atoms with Gasteiger partial charge in [0.2, 0.25) is 5.91 Å². The summed E-state index contributed by atoms with van der Waals surface area (Å²) in [4.78, 5) is 49.1. The van der Waals surface area contributed by atoms with Crippen LogP contribution in [0.4, 0.5) is 16.2 Å².